The van der Waals surface area contributed by atoms with Crippen LogP contribution in [0.3, 0.4) is 0 Å². The number of nitrogens with one attached hydrogen (secondary N) is 1. The van der Waals surface area contributed by atoms with Crippen LogP contribution in [0.25, 0.3) is 10.8 Å². The topological polar surface area (TPSA) is 91.0 Å². The maximum absolute atomic E-state index is 12.5. The van der Waals surface area contributed by atoms with E-state index in [-0.39, 0.29) is 18.0 Å². The molecular formula is C22H21N5O3. The van der Waals surface area contributed by atoms with Gasteiger partial charge in [-0.1, -0.05) is 42.5 Å². The number of amides is 1. The zero-order valence-corrected chi connectivity index (χ0v) is 16.7. The fraction of sp³-hybridized carbons (Fsp3) is 0.182. The van der Waals surface area contributed by atoms with Gasteiger partial charge in [0, 0.05) is 25.4 Å². The number of hydrogen-bond acceptors (Lipinski definition) is 5. The fourth-order valence-corrected chi connectivity index (χ4v) is 3.28. The molecule has 1 N–H and O–H groups in total. The van der Waals surface area contributed by atoms with Crippen molar-refractivity contribution in [1.82, 2.24) is 19.6 Å². The largest absolute Gasteiger partial charge is 0.461 e. The Morgan fingerprint density at radius 3 is 2.70 bits per heavy atom. The monoisotopic (exact) mass is 403 g/mol. The maximum atomic E-state index is 12.5. The Balaban J connectivity index is 1.48. The zero-order chi connectivity index (χ0) is 21.1. The average Bonchev–Trinajstić information content (AvgIpc) is 3.35. The standard InChI is InChI=1S/C22H21N5O3/c1-3-30-22(29)19-13-18(24-26(19)2)21(28)23-20-11-12-27(25-20)14-16-9-6-8-15-7-4-5-10-17(15)16/h4-13H,3,14H2,1-2H3,(H,23,25,28). The highest BCUT2D eigenvalue weighted by Crippen LogP contribution is 2.19. The summed E-state index contributed by atoms with van der Waals surface area (Å²) in [6.45, 7) is 2.55. The summed E-state index contributed by atoms with van der Waals surface area (Å²) in [5.41, 5.74) is 1.46. The van der Waals surface area contributed by atoms with E-state index in [4.69, 9.17) is 4.74 Å². The van der Waals surface area contributed by atoms with Crippen molar-refractivity contribution in [2.45, 2.75) is 13.5 Å². The number of carbonyl (C=O) groups is 2. The summed E-state index contributed by atoms with van der Waals surface area (Å²) in [4.78, 5) is 24.4. The van der Waals surface area contributed by atoms with E-state index in [2.05, 4.69) is 39.8 Å². The molecular weight excluding hydrogens is 382 g/mol. The van der Waals surface area contributed by atoms with E-state index in [0.717, 1.165) is 5.56 Å². The molecule has 8 nitrogen and oxygen atoms in total. The summed E-state index contributed by atoms with van der Waals surface area (Å²) >= 11 is 0. The number of anilines is 1. The Hall–Kier alpha value is -3.94. The van der Waals surface area contributed by atoms with Crippen molar-refractivity contribution in [3.8, 4) is 0 Å². The highest BCUT2D eigenvalue weighted by atomic mass is 16.5. The number of nitrogens with zero attached hydrogens (tertiary/aromatic N) is 4. The van der Waals surface area contributed by atoms with Crippen LogP contribution in [0.5, 0.6) is 0 Å². The molecule has 0 aliphatic carbocycles. The van der Waals surface area contributed by atoms with Gasteiger partial charge in [0.05, 0.1) is 13.2 Å². The molecule has 1 amide bonds. The third kappa shape index (κ3) is 3.93. The molecule has 0 saturated heterocycles. The van der Waals surface area contributed by atoms with E-state index in [0.29, 0.717) is 12.4 Å². The average molecular weight is 403 g/mol. The number of hydrogen-bond donors (Lipinski definition) is 1. The molecule has 30 heavy (non-hydrogen) atoms. The minimum absolute atomic E-state index is 0.115. The van der Waals surface area contributed by atoms with Crippen molar-refractivity contribution >= 4 is 28.5 Å². The van der Waals surface area contributed by atoms with Gasteiger partial charge in [0.1, 0.15) is 5.69 Å². The van der Waals surface area contributed by atoms with Gasteiger partial charge < -0.3 is 10.1 Å². The fourth-order valence-electron chi connectivity index (χ4n) is 3.28. The lowest BCUT2D eigenvalue weighted by Crippen LogP contribution is -2.14. The molecule has 0 unspecified atom stereocenters. The van der Waals surface area contributed by atoms with Crippen molar-refractivity contribution in [2.75, 3.05) is 11.9 Å². The lowest BCUT2D eigenvalue weighted by Gasteiger charge is -2.06. The van der Waals surface area contributed by atoms with Crippen LogP contribution in [0, 0.1) is 0 Å². The van der Waals surface area contributed by atoms with Crippen molar-refractivity contribution in [3.05, 3.63) is 77.7 Å². The lowest BCUT2D eigenvalue weighted by molar-refractivity contribution is 0.0513. The van der Waals surface area contributed by atoms with Crippen molar-refractivity contribution in [1.29, 1.82) is 0 Å². The van der Waals surface area contributed by atoms with Crippen molar-refractivity contribution < 1.29 is 14.3 Å². The summed E-state index contributed by atoms with van der Waals surface area (Å²) in [6.07, 6.45) is 1.81. The molecule has 0 fully saturated rings. The van der Waals surface area contributed by atoms with Gasteiger partial charge in [-0.2, -0.15) is 10.2 Å². The van der Waals surface area contributed by atoms with Gasteiger partial charge in [0.15, 0.2) is 11.5 Å². The van der Waals surface area contributed by atoms with E-state index in [1.807, 2.05) is 18.2 Å². The maximum Gasteiger partial charge on any atom is 0.356 e. The number of fused-ring (bicyclic) bond motifs is 1. The number of ether oxygens (including phenoxy) is 1. The molecule has 0 radical (unpaired) electrons. The van der Waals surface area contributed by atoms with Crippen LogP contribution in [-0.2, 0) is 18.3 Å². The van der Waals surface area contributed by atoms with Gasteiger partial charge in [-0.3, -0.25) is 14.2 Å². The zero-order valence-electron chi connectivity index (χ0n) is 16.7. The molecule has 2 aromatic heterocycles. The Bertz CT molecular complexity index is 1220. The summed E-state index contributed by atoms with van der Waals surface area (Å²) in [6, 6.07) is 17.5. The Morgan fingerprint density at radius 1 is 1.07 bits per heavy atom. The van der Waals surface area contributed by atoms with Gasteiger partial charge in [-0.15, -0.1) is 0 Å². The molecule has 2 aromatic carbocycles. The number of esters is 1. The van der Waals surface area contributed by atoms with Crippen LogP contribution in [0.2, 0.25) is 0 Å². The Kier molecular flexibility index (Phi) is 5.30. The lowest BCUT2D eigenvalue weighted by atomic mass is 10.0. The second kappa shape index (κ2) is 8.20. The van der Waals surface area contributed by atoms with E-state index in [1.54, 1.807) is 30.9 Å². The summed E-state index contributed by atoms with van der Waals surface area (Å²) < 4.78 is 8.05. The summed E-state index contributed by atoms with van der Waals surface area (Å²) in [5, 5.41) is 13.6. The number of aryl methyl sites for hydroxylation is 1. The van der Waals surface area contributed by atoms with E-state index < -0.39 is 11.9 Å². The van der Waals surface area contributed by atoms with Crippen molar-refractivity contribution in [3.63, 3.8) is 0 Å². The van der Waals surface area contributed by atoms with E-state index >= 15 is 0 Å². The highest BCUT2D eigenvalue weighted by molar-refractivity contribution is 6.03. The first-order valence-corrected chi connectivity index (χ1v) is 9.57. The molecule has 0 bridgehead atoms. The van der Waals surface area contributed by atoms with Gasteiger partial charge in [-0.25, -0.2) is 4.79 Å². The minimum Gasteiger partial charge on any atom is -0.461 e. The van der Waals surface area contributed by atoms with Crippen LogP contribution in [-0.4, -0.2) is 38.0 Å². The molecule has 8 heteroatoms. The van der Waals surface area contributed by atoms with Gasteiger partial charge >= 0.3 is 5.97 Å². The van der Waals surface area contributed by atoms with E-state index in [1.165, 1.54) is 21.5 Å². The molecule has 152 valence electrons. The van der Waals surface area contributed by atoms with Gasteiger partial charge in [0.2, 0.25) is 0 Å². The number of rotatable bonds is 6. The first-order chi connectivity index (χ1) is 14.5. The van der Waals surface area contributed by atoms with Gasteiger partial charge in [0.25, 0.3) is 5.91 Å². The normalized spacial score (nSPS) is 10.9. The molecule has 0 saturated carbocycles. The third-order valence-electron chi connectivity index (χ3n) is 4.69. The smallest absolute Gasteiger partial charge is 0.356 e. The quantitative estimate of drug-likeness (QED) is 0.499. The van der Waals surface area contributed by atoms with Crippen LogP contribution >= 0.6 is 0 Å². The molecule has 0 aliphatic heterocycles. The molecule has 4 aromatic rings. The van der Waals surface area contributed by atoms with Crippen LogP contribution in [0.4, 0.5) is 5.82 Å². The van der Waals surface area contributed by atoms with Crippen LogP contribution in [0.1, 0.15) is 33.5 Å². The Morgan fingerprint density at radius 2 is 1.87 bits per heavy atom. The minimum atomic E-state index is -0.522. The van der Waals surface area contributed by atoms with Crippen LogP contribution in [0.15, 0.2) is 60.8 Å². The number of aromatic nitrogens is 4. The molecule has 0 atom stereocenters. The second-order valence-electron chi connectivity index (χ2n) is 6.75. The first kappa shape index (κ1) is 19.4. The predicted molar refractivity (Wildman–Crippen MR) is 112 cm³/mol. The Labute approximate surface area is 173 Å². The molecule has 2 heterocycles. The number of carbonyl (C=O) groups excluding carboxylic acids is 2. The number of benzene rings is 2. The third-order valence-corrected chi connectivity index (χ3v) is 4.69. The molecule has 4 rings (SSSR count). The highest BCUT2D eigenvalue weighted by Gasteiger charge is 2.19. The summed E-state index contributed by atoms with van der Waals surface area (Å²) in [5.74, 6) is -0.564. The molecule has 0 spiro atoms. The predicted octanol–water partition coefficient (Wildman–Crippen LogP) is 3.25. The van der Waals surface area contributed by atoms with Gasteiger partial charge in [-0.05, 0) is 23.3 Å². The SMILES string of the molecule is CCOC(=O)c1cc(C(=O)Nc2ccn(Cc3cccc4ccccc34)n2)nn1C. The first-order valence-electron chi connectivity index (χ1n) is 9.57. The molecule has 0 aliphatic rings. The summed E-state index contributed by atoms with van der Waals surface area (Å²) in [7, 11) is 1.59. The second-order valence-corrected chi connectivity index (χ2v) is 6.75. The van der Waals surface area contributed by atoms with Crippen LogP contribution < -0.4 is 5.32 Å². The van der Waals surface area contributed by atoms with Crippen molar-refractivity contribution in [2.24, 2.45) is 7.05 Å². The van der Waals surface area contributed by atoms with E-state index in [9.17, 15) is 9.59 Å².